The van der Waals surface area contributed by atoms with Crippen LogP contribution in [-0.2, 0) is 0 Å². The van der Waals surface area contributed by atoms with E-state index in [1.165, 1.54) is 5.56 Å². The van der Waals surface area contributed by atoms with Gasteiger partial charge in [0.1, 0.15) is 0 Å². The van der Waals surface area contributed by atoms with Crippen LogP contribution in [0.4, 0.5) is 0 Å². The Labute approximate surface area is 82.2 Å². The molecule has 11 heavy (non-hydrogen) atoms. The van der Waals surface area contributed by atoms with E-state index >= 15 is 0 Å². The number of benzene rings is 1. The van der Waals surface area contributed by atoms with Gasteiger partial charge in [0, 0.05) is 0 Å². The van der Waals surface area contributed by atoms with Crippen molar-refractivity contribution in [2.24, 2.45) is 0 Å². The van der Waals surface area contributed by atoms with Crippen molar-refractivity contribution in [2.75, 3.05) is 0 Å². The van der Waals surface area contributed by atoms with Gasteiger partial charge in [-0.05, 0) is 11.5 Å². The molecule has 1 rings (SSSR count). The number of hydrogen-bond acceptors (Lipinski definition) is 0. The smallest absolute Gasteiger partial charge is 0.358 e. The molecular formula is C10H15Li. The van der Waals surface area contributed by atoms with Crippen LogP contribution in [0.5, 0.6) is 0 Å². The van der Waals surface area contributed by atoms with Gasteiger partial charge in [0.15, 0.2) is 0 Å². The third kappa shape index (κ3) is 4.30. The molecule has 0 bridgehead atoms. The van der Waals surface area contributed by atoms with Crippen molar-refractivity contribution in [1.29, 1.82) is 0 Å². The Bertz CT molecular complexity index is 167. The molecule has 0 saturated heterocycles. The summed E-state index contributed by atoms with van der Waals surface area (Å²) in [4.78, 5) is 0. The fraction of sp³-hybridized carbons (Fsp3) is 0.300. The Morgan fingerprint density at radius 1 is 1.00 bits per heavy atom. The summed E-state index contributed by atoms with van der Waals surface area (Å²) in [7, 11) is 0. The Morgan fingerprint density at radius 2 is 1.45 bits per heavy atom. The van der Waals surface area contributed by atoms with Crippen LogP contribution in [-0.4, -0.2) is 0 Å². The minimum Gasteiger partial charge on any atom is -0.358 e. The molecule has 0 aliphatic heterocycles. The standard InChI is InChI=1S/C9H12.CH3.Li/c1-8(2)9-6-4-3-5-7-9;;/h3-8H,1-2H3;1H3;/q;-1;+1. The maximum atomic E-state index is 2.20. The van der Waals surface area contributed by atoms with Crippen LogP contribution in [0.1, 0.15) is 25.3 Å². The molecule has 0 fully saturated rings. The van der Waals surface area contributed by atoms with Crippen molar-refractivity contribution in [2.45, 2.75) is 19.8 Å². The fourth-order valence-corrected chi connectivity index (χ4v) is 0.838. The molecule has 0 heterocycles. The maximum absolute atomic E-state index is 2.20. The van der Waals surface area contributed by atoms with Crippen molar-refractivity contribution >= 4 is 0 Å². The molecule has 0 saturated carbocycles. The topological polar surface area (TPSA) is 0 Å². The van der Waals surface area contributed by atoms with Crippen molar-refractivity contribution in [1.82, 2.24) is 0 Å². The second-order valence-electron chi connectivity index (χ2n) is 2.57. The van der Waals surface area contributed by atoms with Crippen molar-refractivity contribution in [3.8, 4) is 0 Å². The Kier molecular flexibility index (Phi) is 7.95. The van der Waals surface area contributed by atoms with Crippen LogP contribution in [0.15, 0.2) is 30.3 Å². The summed E-state index contributed by atoms with van der Waals surface area (Å²) < 4.78 is 0. The summed E-state index contributed by atoms with van der Waals surface area (Å²) in [6, 6.07) is 10.5. The second kappa shape index (κ2) is 6.52. The quantitative estimate of drug-likeness (QED) is 0.390. The number of rotatable bonds is 1. The van der Waals surface area contributed by atoms with Gasteiger partial charge in [-0.3, -0.25) is 0 Å². The van der Waals surface area contributed by atoms with Crippen LogP contribution in [0.2, 0.25) is 0 Å². The molecule has 1 heteroatoms. The van der Waals surface area contributed by atoms with Crippen LogP contribution in [0.3, 0.4) is 0 Å². The minimum atomic E-state index is 0. The molecule has 0 aliphatic carbocycles. The molecule has 0 spiro atoms. The van der Waals surface area contributed by atoms with E-state index in [-0.39, 0.29) is 26.3 Å². The van der Waals surface area contributed by atoms with Crippen molar-refractivity contribution in [3.63, 3.8) is 0 Å². The van der Waals surface area contributed by atoms with Gasteiger partial charge in [-0.2, -0.15) is 0 Å². The first-order valence-electron chi connectivity index (χ1n) is 3.35. The predicted molar refractivity (Wildman–Crippen MR) is 46.9 cm³/mol. The summed E-state index contributed by atoms with van der Waals surface area (Å²) in [6.07, 6.45) is 0. The third-order valence-corrected chi connectivity index (χ3v) is 1.47. The summed E-state index contributed by atoms with van der Waals surface area (Å²) in [5, 5.41) is 0. The average molecular weight is 142 g/mol. The molecule has 0 nitrogen and oxygen atoms in total. The predicted octanol–water partition coefficient (Wildman–Crippen LogP) is 0.264. The zero-order valence-corrected chi connectivity index (χ0v) is 7.96. The first-order valence-corrected chi connectivity index (χ1v) is 3.35. The molecule has 0 aromatic heterocycles. The molecule has 1 aromatic carbocycles. The van der Waals surface area contributed by atoms with E-state index < -0.39 is 0 Å². The van der Waals surface area contributed by atoms with Gasteiger partial charge in [0.05, 0.1) is 0 Å². The summed E-state index contributed by atoms with van der Waals surface area (Å²) >= 11 is 0. The Hall–Kier alpha value is -0.183. The zero-order valence-electron chi connectivity index (χ0n) is 7.96. The average Bonchev–Trinajstić information content (AvgIpc) is 1.90. The van der Waals surface area contributed by atoms with Gasteiger partial charge in [-0.25, -0.2) is 0 Å². The van der Waals surface area contributed by atoms with E-state index in [9.17, 15) is 0 Å². The SMILES string of the molecule is CC(C)c1ccccc1.[CH3-].[Li+]. The van der Waals surface area contributed by atoms with Crippen LogP contribution in [0.25, 0.3) is 0 Å². The molecule has 0 atom stereocenters. The second-order valence-corrected chi connectivity index (χ2v) is 2.57. The number of hydrogen-bond donors (Lipinski definition) is 0. The van der Waals surface area contributed by atoms with Crippen LogP contribution >= 0.6 is 0 Å². The summed E-state index contributed by atoms with van der Waals surface area (Å²) in [5.41, 5.74) is 1.41. The minimum absolute atomic E-state index is 0. The molecule has 0 aliphatic rings. The first kappa shape index (κ1) is 13.4. The molecule has 0 amide bonds. The Balaban J connectivity index is 0. The van der Waals surface area contributed by atoms with E-state index in [4.69, 9.17) is 0 Å². The van der Waals surface area contributed by atoms with Crippen LogP contribution < -0.4 is 18.9 Å². The molecule has 1 aromatic rings. The molecular weight excluding hydrogens is 127 g/mol. The van der Waals surface area contributed by atoms with Gasteiger partial charge >= 0.3 is 18.9 Å². The van der Waals surface area contributed by atoms with E-state index in [1.807, 2.05) is 6.07 Å². The zero-order chi connectivity index (χ0) is 6.69. The van der Waals surface area contributed by atoms with Gasteiger partial charge in [-0.15, -0.1) is 0 Å². The normalized spacial score (nSPS) is 8.27. The fourth-order valence-electron chi connectivity index (χ4n) is 0.838. The van der Waals surface area contributed by atoms with Gasteiger partial charge in [-0.1, -0.05) is 44.2 Å². The van der Waals surface area contributed by atoms with Gasteiger partial charge in [0.2, 0.25) is 0 Å². The maximum Gasteiger partial charge on any atom is 1.00 e. The Morgan fingerprint density at radius 3 is 1.73 bits per heavy atom. The van der Waals surface area contributed by atoms with Crippen molar-refractivity contribution < 1.29 is 18.9 Å². The molecule has 56 valence electrons. The molecule has 0 radical (unpaired) electrons. The van der Waals surface area contributed by atoms with E-state index in [1.54, 1.807) is 0 Å². The van der Waals surface area contributed by atoms with Gasteiger partial charge in [0.25, 0.3) is 0 Å². The monoisotopic (exact) mass is 142 g/mol. The van der Waals surface area contributed by atoms with E-state index in [0.717, 1.165) is 0 Å². The van der Waals surface area contributed by atoms with E-state index in [2.05, 4.69) is 38.1 Å². The summed E-state index contributed by atoms with van der Waals surface area (Å²) in [6.45, 7) is 4.41. The molecule has 0 N–H and O–H groups in total. The first-order chi connectivity index (χ1) is 4.30. The summed E-state index contributed by atoms with van der Waals surface area (Å²) in [5.74, 6) is 0.659. The van der Waals surface area contributed by atoms with Crippen molar-refractivity contribution in [3.05, 3.63) is 43.3 Å². The van der Waals surface area contributed by atoms with Crippen LogP contribution in [0, 0.1) is 7.43 Å². The third-order valence-electron chi connectivity index (χ3n) is 1.47. The largest absolute Gasteiger partial charge is 1.00 e. The molecule has 0 unspecified atom stereocenters. The van der Waals surface area contributed by atoms with E-state index in [0.29, 0.717) is 5.92 Å². The van der Waals surface area contributed by atoms with Gasteiger partial charge < -0.3 is 7.43 Å².